The molecule has 1 atom stereocenters. The number of nitrogen functional groups attached to an aromatic ring is 1. The summed E-state index contributed by atoms with van der Waals surface area (Å²) in [5.41, 5.74) is 9.96. The summed E-state index contributed by atoms with van der Waals surface area (Å²) in [7, 11) is 0. The highest BCUT2D eigenvalue weighted by molar-refractivity contribution is 7.10. The lowest BCUT2D eigenvalue weighted by molar-refractivity contribution is 0.0941. The number of hydrogen-bond donors (Lipinski definition) is 2. The molecule has 9 nitrogen and oxygen atoms in total. The predicted octanol–water partition coefficient (Wildman–Crippen LogP) is 3.96. The van der Waals surface area contributed by atoms with Crippen molar-refractivity contribution in [3.63, 3.8) is 0 Å². The summed E-state index contributed by atoms with van der Waals surface area (Å²) in [6, 6.07) is 17.9. The average Bonchev–Trinajstić information content (AvgIpc) is 3.59. The van der Waals surface area contributed by atoms with Crippen LogP contribution in [0.3, 0.4) is 0 Å². The predicted molar refractivity (Wildman–Crippen MR) is 151 cm³/mol. The number of amides is 1. The number of nitrogens with two attached hydrogens (primary N) is 1. The van der Waals surface area contributed by atoms with E-state index in [1.54, 1.807) is 34.7 Å². The molecule has 2 aromatic carbocycles. The molecule has 0 aliphatic rings. The zero-order valence-corrected chi connectivity index (χ0v) is 21.5. The van der Waals surface area contributed by atoms with Crippen molar-refractivity contribution in [1.29, 1.82) is 0 Å². The number of aromatic nitrogens is 5. The Bertz CT molecular complexity index is 1970. The van der Waals surface area contributed by atoms with Crippen LogP contribution in [0.25, 0.3) is 22.1 Å². The zero-order valence-electron chi connectivity index (χ0n) is 20.7. The van der Waals surface area contributed by atoms with E-state index in [2.05, 4.69) is 32.2 Å². The Morgan fingerprint density at radius 1 is 1.10 bits per heavy atom. The maximum atomic E-state index is 14.1. The minimum atomic E-state index is -0.570. The quantitative estimate of drug-likeness (QED) is 0.332. The van der Waals surface area contributed by atoms with Crippen LogP contribution in [0.2, 0.25) is 0 Å². The van der Waals surface area contributed by atoms with Gasteiger partial charge in [0, 0.05) is 29.3 Å². The van der Waals surface area contributed by atoms with Crippen molar-refractivity contribution >= 4 is 39.5 Å². The third kappa shape index (κ3) is 4.41. The van der Waals surface area contributed by atoms with Gasteiger partial charge in [-0.15, -0.1) is 16.4 Å². The van der Waals surface area contributed by atoms with Crippen LogP contribution >= 0.6 is 11.3 Å². The molecule has 0 saturated carbocycles. The van der Waals surface area contributed by atoms with Crippen molar-refractivity contribution in [1.82, 2.24) is 29.5 Å². The second-order valence-corrected chi connectivity index (χ2v) is 9.66. The van der Waals surface area contributed by atoms with Gasteiger partial charge in [-0.1, -0.05) is 36.3 Å². The van der Waals surface area contributed by atoms with Crippen molar-refractivity contribution in [2.75, 3.05) is 5.73 Å². The third-order valence-corrected chi connectivity index (χ3v) is 6.97. The highest BCUT2D eigenvalue weighted by Gasteiger charge is 2.23. The summed E-state index contributed by atoms with van der Waals surface area (Å²) >= 11 is 1.44. The Balaban J connectivity index is 1.48. The van der Waals surface area contributed by atoms with Gasteiger partial charge in [-0.2, -0.15) is 0 Å². The van der Waals surface area contributed by atoms with Gasteiger partial charge in [-0.05, 0) is 48.6 Å². The number of carbonyl (C=O) groups is 1. The number of para-hydroxylation sites is 1. The van der Waals surface area contributed by atoms with Crippen molar-refractivity contribution in [2.45, 2.75) is 13.0 Å². The zero-order chi connectivity index (χ0) is 26.9. The van der Waals surface area contributed by atoms with Gasteiger partial charge in [0.1, 0.15) is 5.56 Å². The largest absolute Gasteiger partial charge is 0.381 e. The molecular formula is C29H21N7O2S. The lowest BCUT2D eigenvalue weighted by atomic mass is 10.0. The molecule has 190 valence electrons. The van der Waals surface area contributed by atoms with Gasteiger partial charge in [-0.25, -0.2) is 9.50 Å². The number of nitrogens with one attached hydrogen (secondary N) is 1. The summed E-state index contributed by atoms with van der Waals surface area (Å²) in [6.07, 6.45) is 4.94. The Morgan fingerprint density at radius 2 is 1.95 bits per heavy atom. The maximum Gasteiger partial charge on any atom is 0.264 e. The van der Waals surface area contributed by atoms with Crippen LogP contribution < -0.4 is 16.6 Å². The molecule has 0 aliphatic carbocycles. The van der Waals surface area contributed by atoms with Crippen LogP contribution in [-0.2, 0) is 0 Å². The molecule has 1 unspecified atom stereocenters. The van der Waals surface area contributed by atoms with Gasteiger partial charge < -0.3 is 11.1 Å². The van der Waals surface area contributed by atoms with Crippen LogP contribution in [0.1, 0.15) is 39.5 Å². The minimum absolute atomic E-state index is 0.0709. The number of nitrogens with zero attached hydrogens (tertiary/aromatic N) is 5. The van der Waals surface area contributed by atoms with E-state index in [4.69, 9.17) is 5.73 Å². The van der Waals surface area contributed by atoms with E-state index in [1.807, 2.05) is 61.5 Å². The van der Waals surface area contributed by atoms with Gasteiger partial charge in [0.2, 0.25) is 0 Å². The summed E-state index contributed by atoms with van der Waals surface area (Å²) < 4.78 is 3.07. The first-order valence-electron chi connectivity index (χ1n) is 12.1. The summed E-state index contributed by atoms with van der Waals surface area (Å²) in [5.74, 6) is 5.86. The van der Waals surface area contributed by atoms with Crippen LogP contribution in [-0.4, -0.2) is 30.1 Å². The lowest BCUT2D eigenvalue weighted by Gasteiger charge is -2.21. The number of carbonyl (C=O) groups excluding carboxylic acids is 1. The van der Waals surface area contributed by atoms with Crippen LogP contribution in [0.15, 0.2) is 89.6 Å². The molecule has 0 bridgehead atoms. The molecule has 0 fully saturated rings. The number of thiazole rings is 1. The summed E-state index contributed by atoms with van der Waals surface area (Å²) in [5, 5.41) is 8.38. The Morgan fingerprint density at radius 3 is 2.74 bits per heavy atom. The Hall–Kier alpha value is -5.27. The van der Waals surface area contributed by atoms with E-state index in [0.717, 1.165) is 10.3 Å². The van der Waals surface area contributed by atoms with E-state index in [1.165, 1.54) is 15.9 Å². The molecule has 0 spiro atoms. The van der Waals surface area contributed by atoms with Crippen molar-refractivity contribution in [3.8, 4) is 17.5 Å². The summed E-state index contributed by atoms with van der Waals surface area (Å²) in [4.78, 5) is 36.6. The molecule has 6 aromatic rings. The molecule has 1 amide bonds. The fraction of sp³-hybridized carbons (Fsp3) is 0.0690. The van der Waals surface area contributed by atoms with Gasteiger partial charge in [0.05, 0.1) is 28.0 Å². The third-order valence-electron chi connectivity index (χ3n) is 6.28. The van der Waals surface area contributed by atoms with Gasteiger partial charge in [0.15, 0.2) is 11.5 Å². The first-order valence-corrected chi connectivity index (χ1v) is 12.9. The molecular weight excluding hydrogens is 510 g/mol. The monoisotopic (exact) mass is 531 g/mol. The van der Waals surface area contributed by atoms with E-state index in [-0.39, 0.29) is 16.9 Å². The Kier molecular flexibility index (Phi) is 6.11. The molecule has 0 radical (unpaired) electrons. The van der Waals surface area contributed by atoms with Gasteiger partial charge in [-0.3, -0.25) is 19.1 Å². The van der Waals surface area contributed by atoms with E-state index in [0.29, 0.717) is 28.0 Å². The summed E-state index contributed by atoms with van der Waals surface area (Å²) in [6.45, 7) is 1.82. The highest BCUT2D eigenvalue weighted by atomic mass is 32.1. The van der Waals surface area contributed by atoms with E-state index < -0.39 is 11.9 Å². The maximum absolute atomic E-state index is 14.1. The van der Waals surface area contributed by atoms with Gasteiger partial charge >= 0.3 is 0 Å². The topological polar surface area (TPSA) is 120 Å². The first kappa shape index (κ1) is 24.1. The standard InChI is InChI=1S/C29H21N7O2S/c1-18(33-28(37)25-26(30)34-35-14-6-13-32-27(25)35)23-15-20-8-5-7-19(11-12-22-16-31-17-39-22)24(20)29(38)36(23)21-9-3-2-4-10-21/h2-10,13-18H,1H3,(H2,30,34)(H,33,37). The number of pyridine rings is 1. The molecule has 39 heavy (non-hydrogen) atoms. The van der Waals surface area contributed by atoms with Crippen LogP contribution in [0, 0.1) is 11.8 Å². The van der Waals surface area contributed by atoms with Gasteiger partial charge in [0.25, 0.3) is 11.5 Å². The normalized spacial score (nSPS) is 11.7. The smallest absolute Gasteiger partial charge is 0.264 e. The Labute approximate surface area is 226 Å². The number of fused-ring (bicyclic) bond motifs is 2. The molecule has 0 aliphatic heterocycles. The number of hydrogen-bond acceptors (Lipinski definition) is 7. The first-order chi connectivity index (χ1) is 19.0. The number of benzene rings is 2. The van der Waals surface area contributed by atoms with Crippen molar-refractivity contribution < 1.29 is 4.79 Å². The molecule has 4 aromatic heterocycles. The molecule has 6 rings (SSSR count). The van der Waals surface area contributed by atoms with E-state index in [9.17, 15) is 9.59 Å². The SMILES string of the molecule is CC(NC(=O)c1c(N)nn2cccnc12)c1cc2cccc(C#Cc3cncs3)c2c(=O)n1-c1ccccc1. The second-order valence-electron chi connectivity index (χ2n) is 8.77. The number of anilines is 1. The lowest BCUT2D eigenvalue weighted by Crippen LogP contribution is -2.32. The van der Waals surface area contributed by atoms with Crippen LogP contribution in [0.5, 0.6) is 0 Å². The second kappa shape index (κ2) is 9.89. The molecule has 4 heterocycles. The fourth-order valence-electron chi connectivity index (χ4n) is 4.52. The fourth-order valence-corrected chi connectivity index (χ4v) is 4.99. The van der Waals surface area contributed by atoms with Crippen LogP contribution in [0.4, 0.5) is 5.82 Å². The minimum Gasteiger partial charge on any atom is -0.381 e. The van der Waals surface area contributed by atoms with E-state index >= 15 is 0 Å². The molecule has 10 heteroatoms. The van der Waals surface area contributed by atoms with Crippen molar-refractivity contribution in [3.05, 3.63) is 117 Å². The molecule has 3 N–H and O–H groups in total. The molecule has 0 saturated heterocycles. The number of rotatable bonds is 4. The van der Waals surface area contributed by atoms with Crippen molar-refractivity contribution in [2.24, 2.45) is 0 Å². The highest BCUT2D eigenvalue weighted by Crippen LogP contribution is 2.24. The average molecular weight is 532 g/mol.